The number of ether oxygens (including phenoxy) is 2. The number of phenols is 1. The average molecular weight is 449 g/mol. The molecular formula is C23H19N3O7. The van der Waals surface area contributed by atoms with Crippen molar-refractivity contribution in [3.05, 3.63) is 82.0 Å². The first kappa shape index (κ1) is 22.9. The molecular weight excluding hydrogens is 430 g/mol. The van der Waals surface area contributed by atoms with Crippen LogP contribution in [0.3, 0.4) is 0 Å². The molecule has 1 heterocycles. The predicted octanol–water partition coefficient (Wildman–Crippen LogP) is 3.52. The van der Waals surface area contributed by atoms with Crippen LogP contribution < -0.4 is 0 Å². The first-order valence-electron chi connectivity index (χ1n) is 9.53. The Bertz CT molecular complexity index is 1260. The first-order chi connectivity index (χ1) is 15.8. The molecule has 0 spiro atoms. The summed E-state index contributed by atoms with van der Waals surface area (Å²) in [6.07, 6.45) is 5.78. The summed E-state index contributed by atoms with van der Waals surface area (Å²) in [5, 5.41) is 25.6. The van der Waals surface area contributed by atoms with Gasteiger partial charge in [-0.2, -0.15) is 5.10 Å². The lowest BCUT2D eigenvalue weighted by Crippen LogP contribution is -2.13. The van der Waals surface area contributed by atoms with Crippen LogP contribution in [-0.4, -0.2) is 46.0 Å². The largest absolute Gasteiger partial charge is 0.507 e. The van der Waals surface area contributed by atoms with Gasteiger partial charge in [0.15, 0.2) is 5.70 Å². The molecule has 168 valence electrons. The van der Waals surface area contributed by atoms with Crippen molar-refractivity contribution < 1.29 is 29.1 Å². The highest BCUT2D eigenvalue weighted by Gasteiger charge is 2.20. The summed E-state index contributed by atoms with van der Waals surface area (Å²) < 4.78 is 10.5. The summed E-state index contributed by atoms with van der Waals surface area (Å²) in [6, 6.07) is 12.4. The number of benzene rings is 2. The molecule has 1 N–H and O–H groups in total. The van der Waals surface area contributed by atoms with E-state index in [2.05, 4.69) is 9.84 Å². The van der Waals surface area contributed by atoms with E-state index in [0.29, 0.717) is 22.4 Å². The van der Waals surface area contributed by atoms with E-state index >= 15 is 0 Å². The van der Waals surface area contributed by atoms with Gasteiger partial charge in [-0.3, -0.25) is 10.1 Å². The number of carbonyl (C=O) groups excluding carboxylic acids is 2. The summed E-state index contributed by atoms with van der Waals surface area (Å²) in [5.74, 6) is -1.64. The number of esters is 2. The van der Waals surface area contributed by atoms with E-state index in [0.717, 1.165) is 17.9 Å². The normalized spacial score (nSPS) is 11.4. The standard InChI is InChI=1S/C23H19N3O7/c1-32-21(28)13-19(23(29)33-2)25-14-16(22(24-25)18-5-3-4-6-20(18)27)10-7-15-8-11-17(12-9-15)26(30)31/h3-14,27H,1-2H3/b10-7+,19-13-. The summed E-state index contributed by atoms with van der Waals surface area (Å²) in [4.78, 5) is 34.4. The number of methoxy groups -OCH3 is 2. The Hall–Kier alpha value is -4.73. The molecule has 0 aliphatic heterocycles. The van der Waals surface area contributed by atoms with Gasteiger partial charge in [-0.05, 0) is 29.8 Å². The lowest BCUT2D eigenvalue weighted by molar-refractivity contribution is -0.384. The van der Waals surface area contributed by atoms with Gasteiger partial charge in [0.25, 0.3) is 5.69 Å². The Balaban J connectivity index is 2.11. The average Bonchev–Trinajstić information content (AvgIpc) is 3.24. The number of nitrogens with zero attached hydrogens (tertiary/aromatic N) is 3. The van der Waals surface area contributed by atoms with Gasteiger partial charge >= 0.3 is 11.9 Å². The Kier molecular flexibility index (Phi) is 6.99. The summed E-state index contributed by atoms with van der Waals surface area (Å²) in [6.45, 7) is 0. The zero-order valence-corrected chi connectivity index (χ0v) is 17.7. The highest BCUT2D eigenvalue weighted by Crippen LogP contribution is 2.32. The third-order valence-electron chi connectivity index (χ3n) is 4.56. The highest BCUT2D eigenvalue weighted by molar-refractivity contribution is 6.14. The molecule has 1 aromatic heterocycles. The van der Waals surface area contributed by atoms with Crippen molar-refractivity contribution in [2.24, 2.45) is 0 Å². The quantitative estimate of drug-likeness (QED) is 0.251. The maximum atomic E-state index is 12.3. The second-order valence-electron chi connectivity index (χ2n) is 6.62. The molecule has 0 atom stereocenters. The zero-order chi connectivity index (χ0) is 24.0. The highest BCUT2D eigenvalue weighted by atomic mass is 16.6. The number of hydrogen-bond donors (Lipinski definition) is 1. The number of aromatic nitrogens is 2. The molecule has 0 amide bonds. The molecule has 2 aromatic carbocycles. The fraction of sp³-hybridized carbons (Fsp3) is 0.0870. The van der Waals surface area contributed by atoms with Crippen LogP contribution in [0, 0.1) is 10.1 Å². The smallest absolute Gasteiger partial charge is 0.356 e. The van der Waals surface area contributed by atoms with Gasteiger partial charge in [-0.25, -0.2) is 14.3 Å². The molecule has 3 aromatic rings. The van der Waals surface area contributed by atoms with E-state index in [1.807, 2.05) is 0 Å². The van der Waals surface area contributed by atoms with Crippen LogP contribution in [-0.2, 0) is 19.1 Å². The topological polar surface area (TPSA) is 134 Å². The number of para-hydroxylation sites is 1. The molecule has 33 heavy (non-hydrogen) atoms. The molecule has 0 radical (unpaired) electrons. The maximum Gasteiger partial charge on any atom is 0.356 e. The van der Waals surface area contributed by atoms with Crippen molar-refractivity contribution in [2.75, 3.05) is 14.2 Å². The molecule has 0 aliphatic rings. The minimum Gasteiger partial charge on any atom is -0.507 e. The van der Waals surface area contributed by atoms with Gasteiger partial charge in [-0.15, -0.1) is 0 Å². The van der Waals surface area contributed by atoms with E-state index in [4.69, 9.17) is 4.74 Å². The predicted molar refractivity (Wildman–Crippen MR) is 120 cm³/mol. The van der Waals surface area contributed by atoms with E-state index in [1.165, 1.54) is 31.5 Å². The van der Waals surface area contributed by atoms with Crippen LogP contribution in [0.15, 0.2) is 60.8 Å². The second-order valence-corrected chi connectivity index (χ2v) is 6.62. The number of phenolic OH excluding ortho intramolecular Hbond substituents is 1. The van der Waals surface area contributed by atoms with E-state index in [9.17, 15) is 24.8 Å². The van der Waals surface area contributed by atoms with E-state index < -0.39 is 16.9 Å². The number of hydrogen-bond acceptors (Lipinski definition) is 8. The Morgan fingerprint density at radius 2 is 1.76 bits per heavy atom. The van der Waals surface area contributed by atoms with Crippen LogP contribution in [0.1, 0.15) is 11.1 Å². The summed E-state index contributed by atoms with van der Waals surface area (Å²) >= 11 is 0. The lowest BCUT2D eigenvalue weighted by atomic mass is 10.1. The van der Waals surface area contributed by atoms with Crippen LogP contribution >= 0.6 is 0 Å². The summed E-state index contributed by atoms with van der Waals surface area (Å²) in [7, 11) is 2.33. The van der Waals surface area contributed by atoms with Gasteiger partial charge < -0.3 is 14.6 Å². The molecule has 0 fully saturated rings. The third kappa shape index (κ3) is 5.31. The minimum atomic E-state index is -0.822. The number of rotatable bonds is 7. The molecule has 0 saturated heterocycles. The van der Waals surface area contributed by atoms with Crippen molar-refractivity contribution >= 4 is 35.5 Å². The Morgan fingerprint density at radius 3 is 2.36 bits per heavy atom. The fourth-order valence-electron chi connectivity index (χ4n) is 2.90. The van der Waals surface area contributed by atoms with Gasteiger partial charge in [-0.1, -0.05) is 24.3 Å². The molecule has 10 heteroatoms. The van der Waals surface area contributed by atoms with E-state index in [-0.39, 0.29) is 17.1 Å². The van der Waals surface area contributed by atoms with Crippen molar-refractivity contribution in [3.63, 3.8) is 0 Å². The van der Waals surface area contributed by atoms with Crippen molar-refractivity contribution in [1.82, 2.24) is 9.78 Å². The van der Waals surface area contributed by atoms with E-state index in [1.54, 1.807) is 42.5 Å². The first-order valence-corrected chi connectivity index (χ1v) is 9.53. The Morgan fingerprint density at radius 1 is 1.06 bits per heavy atom. The second kappa shape index (κ2) is 10.1. The molecule has 0 aliphatic carbocycles. The molecule has 0 unspecified atom stereocenters. The van der Waals surface area contributed by atoms with Crippen LogP contribution in [0.2, 0.25) is 0 Å². The number of non-ortho nitro benzene ring substituents is 1. The number of nitro benzene ring substituents is 1. The van der Waals surface area contributed by atoms with Crippen LogP contribution in [0.5, 0.6) is 5.75 Å². The maximum absolute atomic E-state index is 12.3. The molecule has 3 rings (SSSR count). The third-order valence-corrected chi connectivity index (χ3v) is 4.56. The lowest BCUT2D eigenvalue weighted by Gasteiger charge is -2.05. The summed E-state index contributed by atoms with van der Waals surface area (Å²) in [5.41, 5.74) is 1.65. The van der Waals surface area contributed by atoms with Gasteiger partial charge in [0, 0.05) is 29.5 Å². The minimum absolute atomic E-state index is 0.0365. The van der Waals surface area contributed by atoms with Crippen molar-refractivity contribution in [2.45, 2.75) is 0 Å². The van der Waals surface area contributed by atoms with Gasteiger partial charge in [0.1, 0.15) is 11.4 Å². The fourth-order valence-corrected chi connectivity index (χ4v) is 2.90. The molecule has 10 nitrogen and oxygen atoms in total. The van der Waals surface area contributed by atoms with Crippen LogP contribution in [0.25, 0.3) is 29.1 Å². The molecule has 0 saturated carbocycles. The molecule has 0 bridgehead atoms. The monoisotopic (exact) mass is 449 g/mol. The van der Waals surface area contributed by atoms with Crippen LogP contribution in [0.4, 0.5) is 5.69 Å². The van der Waals surface area contributed by atoms with Gasteiger partial charge in [0.05, 0.1) is 25.2 Å². The van der Waals surface area contributed by atoms with Crippen molar-refractivity contribution in [1.29, 1.82) is 0 Å². The number of nitro groups is 1. The SMILES string of the molecule is COC(=O)/C=C(/C(=O)OC)n1cc(/C=C/c2ccc([N+](=O)[O-])cc2)c(-c2ccccc2O)n1. The van der Waals surface area contributed by atoms with Gasteiger partial charge in [0.2, 0.25) is 0 Å². The Labute approximate surface area is 188 Å². The van der Waals surface area contributed by atoms with Crippen molar-refractivity contribution in [3.8, 4) is 17.0 Å². The number of carbonyl (C=O) groups is 2. The zero-order valence-electron chi connectivity index (χ0n) is 17.7. The number of aromatic hydroxyl groups is 1.